The molecule has 0 bridgehead atoms. The molecule has 0 saturated heterocycles. The number of nitrogens with one attached hydrogen (secondary N) is 3. The molecule has 1 aromatic heterocycles. The summed E-state index contributed by atoms with van der Waals surface area (Å²) in [5.74, 6) is -0.930. The van der Waals surface area contributed by atoms with E-state index >= 15 is 0 Å². The molecule has 2 rings (SSSR count). The molecule has 2 aromatic rings. The zero-order chi connectivity index (χ0) is 18.2. The van der Waals surface area contributed by atoms with Crippen molar-refractivity contribution < 1.29 is 19.5 Å². The van der Waals surface area contributed by atoms with E-state index in [9.17, 15) is 19.5 Å². The lowest BCUT2D eigenvalue weighted by Crippen LogP contribution is -2.50. The Morgan fingerprint density at radius 3 is 2.76 bits per heavy atom. The van der Waals surface area contributed by atoms with Crippen LogP contribution in [0.5, 0.6) is 0 Å². The first-order chi connectivity index (χ1) is 12.1. The molecule has 8 heteroatoms. The van der Waals surface area contributed by atoms with E-state index < -0.39 is 24.0 Å². The highest BCUT2D eigenvalue weighted by Gasteiger charge is 2.25. The molecule has 1 heterocycles. The Morgan fingerprint density at radius 2 is 2.08 bits per heavy atom. The number of carboxylic acid groups (broad SMARTS) is 1. The molecule has 0 unspecified atom stereocenters. The van der Waals surface area contributed by atoms with Crippen LogP contribution in [-0.4, -0.2) is 52.5 Å². The SMILES string of the molecule is CSCC[C@@H](NC=O)C(=O)N[C@H](Cc1c[nH]c2ccccc12)C(=O)O. The van der Waals surface area contributed by atoms with Gasteiger partial charge in [-0.2, -0.15) is 11.8 Å². The maximum absolute atomic E-state index is 12.3. The van der Waals surface area contributed by atoms with Gasteiger partial charge in [-0.05, 0) is 30.1 Å². The number of benzene rings is 1. The van der Waals surface area contributed by atoms with Crippen LogP contribution in [0.25, 0.3) is 10.9 Å². The Kier molecular flexibility index (Phi) is 6.88. The Balaban J connectivity index is 2.10. The summed E-state index contributed by atoms with van der Waals surface area (Å²) in [5, 5.41) is 15.4. The van der Waals surface area contributed by atoms with Gasteiger partial charge in [0, 0.05) is 23.5 Å². The highest BCUT2D eigenvalue weighted by Crippen LogP contribution is 2.19. The number of amides is 2. The Bertz CT molecular complexity index is 746. The lowest BCUT2D eigenvalue weighted by molar-refractivity contribution is -0.142. The Labute approximate surface area is 149 Å². The van der Waals surface area contributed by atoms with Gasteiger partial charge in [0.2, 0.25) is 12.3 Å². The van der Waals surface area contributed by atoms with Gasteiger partial charge in [-0.1, -0.05) is 18.2 Å². The monoisotopic (exact) mass is 363 g/mol. The minimum absolute atomic E-state index is 0.154. The van der Waals surface area contributed by atoms with Gasteiger partial charge in [-0.3, -0.25) is 9.59 Å². The molecule has 1 aromatic carbocycles. The number of rotatable bonds is 10. The third-order valence-corrected chi connectivity index (χ3v) is 4.55. The van der Waals surface area contributed by atoms with Crippen LogP contribution in [0.1, 0.15) is 12.0 Å². The van der Waals surface area contributed by atoms with E-state index in [2.05, 4.69) is 15.6 Å². The molecule has 0 spiro atoms. The van der Waals surface area contributed by atoms with E-state index in [1.165, 1.54) is 0 Å². The zero-order valence-corrected chi connectivity index (χ0v) is 14.6. The van der Waals surface area contributed by atoms with E-state index in [1.807, 2.05) is 30.5 Å². The summed E-state index contributed by atoms with van der Waals surface area (Å²) >= 11 is 1.55. The maximum atomic E-state index is 12.3. The third kappa shape index (κ3) is 4.99. The van der Waals surface area contributed by atoms with Gasteiger partial charge in [-0.25, -0.2) is 4.79 Å². The highest BCUT2D eigenvalue weighted by molar-refractivity contribution is 7.98. The van der Waals surface area contributed by atoms with Crippen LogP contribution >= 0.6 is 11.8 Å². The molecule has 0 aliphatic heterocycles. The van der Waals surface area contributed by atoms with E-state index in [0.717, 1.165) is 16.5 Å². The summed E-state index contributed by atoms with van der Waals surface area (Å²) < 4.78 is 0. The van der Waals surface area contributed by atoms with E-state index in [4.69, 9.17) is 0 Å². The second kappa shape index (κ2) is 9.12. The van der Waals surface area contributed by atoms with Gasteiger partial charge in [-0.15, -0.1) is 0 Å². The molecule has 0 saturated carbocycles. The number of fused-ring (bicyclic) bond motifs is 1. The lowest BCUT2D eigenvalue weighted by Gasteiger charge is -2.19. The standard InChI is InChI=1S/C17H21N3O4S/c1-25-7-6-14(19-10-21)16(22)20-15(17(23)24)8-11-9-18-13-5-3-2-4-12(11)13/h2-5,9-10,14-15,18H,6-8H2,1H3,(H,19,21)(H,20,22)(H,23,24)/t14-,15-/m1/s1. The van der Waals surface area contributed by atoms with E-state index in [0.29, 0.717) is 18.6 Å². The second-order valence-electron chi connectivity index (χ2n) is 5.58. The summed E-state index contributed by atoms with van der Waals surface area (Å²) in [4.78, 5) is 37.7. The van der Waals surface area contributed by atoms with Gasteiger partial charge >= 0.3 is 5.97 Å². The molecule has 0 aliphatic carbocycles. The largest absolute Gasteiger partial charge is 0.480 e. The van der Waals surface area contributed by atoms with Crippen LogP contribution in [-0.2, 0) is 20.8 Å². The molecule has 7 nitrogen and oxygen atoms in total. The topological polar surface area (TPSA) is 111 Å². The van der Waals surface area contributed by atoms with Crippen molar-refractivity contribution in [2.45, 2.75) is 24.9 Å². The van der Waals surface area contributed by atoms with Gasteiger partial charge in [0.05, 0.1) is 0 Å². The van der Waals surface area contributed by atoms with Crippen molar-refractivity contribution >= 4 is 41.0 Å². The molecule has 25 heavy (non-hydrogen) atoms. The number of aliphatic carboxylic acids is 1. The Hall–Kier alpha value is -2.48. The average molecular weight is 363 g/mol. The minimum atomic E-state index is -1.12. The molecule has 4 N–H and O–H groups in total. The summed E-state index contributed by atoms with van der Waals surface area (Å²) in [6.07, 6.45) is 4.70. The third-order valence-electron chi connectivity index (χ3n) is 3.91. The van der Waals surface area contributed by atoms with Gasteiger partial charge < -0.3 is 20.7 Å². The second-order valence-corrected chi connectivity index (χ2v) is 6.57. The summed E-state index contributed by atoms with van der Waals surface area (Å²) in [5.41, 5.74) is 1.72. The number of thioether (sulfide) groups is 1. The molecule has 0 radical (unpaired) electrons. The maximum Gasteiger partial charge on any atom is 0.326 e. The molecule has 0 aliphatic rings. The summed E-state index contributed by atoms with van der Waals surface area (Å²) in [7, 11) is 0. The predicted molar refractivity (Wildman–Crippen MR) is 97.6 cm³/mol. The fraction of sp³-hybridized carbons (Fsp3) is 0.353. The quantitative estimate of drug-likeness (QED) is 0.473. The van der Waals surface area contributed by atoms with Gasteiger partial charge in [0.1, 0.15) is 12.1 Å². The van der Waals surface area contributed by atoms with Crippen molar-refractivity contribution in [3.8, 4) is 0 Å². The number of H-pyrrole nitrogens is 1. The summed E-state index contributed by atoms with van der Waals surface area (Å²) in [6, 6.07) is 5.75. The van der Waals surface area contributed by atoms with E-state index in [1.54, 1.807) is 18.0 Å². The van der Waals surface area contributed by atoms with Crippen molar-refractivity contribution in [3.05, 3.63) is 36.0 Å². The smallest absolute Gasteiger partial charge is 0.326 e. The van der Waals surface area contributed by atoms with Crippen molar-refractivity contribution in [2.24, 2.45) is 0 Å². The molecule has 2 amide bonds. The minimum Gasteiger partial charge on any atom is -0.480 e. The molecular weight excluding hydrogens is 342 g/mol. The van der Waals surface area contributed by atoms with Crippen LogP contribution in [0.4, 0.5) is 0 Å². The number of carboxylic acids is 1. The first kappa shape index (κ1) is 18.9. The van der Waals surface area contributed by atoms with Crippen LogP contribution in [0.3, 0.4) is 0 Å². The number of para-hydroxylation sites is 1. The van der Waals surface area contributed by atoms with Crippen molar-refractivity contribution in [1.82, 2.24) is 15.6 Å². The van der Waals surface area contributed by atoms with Crippen molar-refractivity contribution in [1.29, 1.82) is 0 Å². The molecule has 2 atom stereocenters. The molecule has 0 fully saturated rings. The van der Waals surface area contributed by atoms with Crippen LogP contribution < -0.4 is 10.6 Å². The molecule has 134 valence electrons. The number of hydrogen-bond donors (Lipinski definition) is 4. The number of aromatic amines is 1. The number of hydrogen-bond acceptors (Lipinski definition) is 4. The van der Waals surface area contributed by atoms with Crippen molar-refractivity contribution in [2.75, 3.05) is 12.0 Å². The fourth-order valence-electron chi connectivity index (χ4n) is 2.60. The first-order valence-electron chi connectivity index (χ1n) is 7.83. The van der Waals surface area contributed by atoms with Crippen molar-refractivity contribution in [3.63, 3.8) is 0 Å². The van der Waals surface area contributed by atoms with E-state index in [-0.39, 0.29) is 6.42 Å². The highest BCUT2D eigenvalue weighted by atomic mass is 32.2. The van der Waals surface area contributed by atoms with Crippen LogP contribution in [0.2, 0.25) is 0 Å². The normalized spacial score (nSPS) is 13.2. The predicted octanol–water partition coefficient (Wildman–Crippen LogP) is 1.15. The van der Waals surface area contributed by atoms with Crippen LogP contribution in [0.15, 0.2) is 30.5 Å². The number of carbonyl (C=O) groups is 3. The lowest BCUT2D eigenvalue weighted by atomic mass is 10.0. The molecular formula is C17H21N3O4S. The summed E-state index contributed by atoms with van der Waals surface area (Å²) in [6.45, 7) is 0. The zero-order valence-electron chi connectivity index (χ0n) is 13.8. The number of carbonyl (C=O) groups excluding carboxylic acids is 2. The first-order valence-corrected chi connectivity index (χ1v) is 9.23. The Morgan fingerprint density at radius 1 is 1.32 bits per heavy atom. The number of aromatic nitrogens is 1. The fourth-order valence-corrected chi connectivity index (χ4v) is 3.07. The van der Waals surface area contributed by atoms with Gasteiger partial charge in [0.15, 0.2) is 0 Å². The average Bonchev–Trinajstić information content (AvgIpc) is 3.01. The van der Waals surface area contributed by atoms with Crippen LogP contribution in [0, 0.1) is 0 Å². The van der Waals surface area contributed by atoms with Gasteiger partial charge in [0.25, 0.3) is 0 Å².